The number of nitrogens with one attached hydrogen (secondary N) is 1. The Balaban J connectivity index is 2.20. The number of benzene rings is 1. The van der Waals surface area contributed by atoms with Gasteiger partial charge in [-0.1, -0.05) is 27.5 Å². The van der Waals surface area contributed by atoms with Crippen molar-refractivity contribution in [2.45, 2.75) is 6.54 Å². The first kappa shape index (κ1) is 13.3. The zero-order valence-corrected chi connectivity index (χ0v) is 12.1. The SMILES string of the molecule is CNCc1cncc(Oc2ccc(Br)cc2Cl)c1. The van der Waals surface area contributed by atoms with Crippen molar-refractivity contribution in [1.82, 2.24) is 10.3 Å². The third-order valence-corrected chi connectivity index (χ3v) is 3.06. The van der Waals surface area contributed by atoms with Crippen LogP contribution in [0, 0.1) is 0 Å². The van der Waals surface area contributed by atoms with Crippen molar-refractivity contribution >= 4 is 27.5 Å². The molecule has 0 aliphatic rings. The van der Waals surface area contributed by atoms with E-state index in [2.05, 4.69) is 26.2 Å². The maximum absolute atomic E-state index is 6.09. The Hall–Kier alpha value is -1.10. The Morgan fingerprint density at radius 3 is 2.89 bits per heavy atom. The molecule has 0 aliphatic carbocycles. The van der Waals surface area contributed by atoms with E-state index in [4.69, 9.17) is 16.3 Å². The van der Waals surface area contributed by atoms with Gasteiger partial charge in [0.25, 0.3) is 0 Å². The molecule has 0 unspecified atom stereocenters. The van der Waals surface area contributed by atoms with Crippen molar-refractivity contribution in [2.24, 2.45) is 0 Å². The molecule has 0 radical (unpaired) electrons. The minimum Gasteiger partial charge on any atom is -0.454 e. The average Bonchev–Trinajstić information content (AvgIpc) is 2.34. The first-order valence-electron chi connectivity index (χ1n) is 5.40. The Labute approximate surface area is 119 Å². The minimum absolute atomic E-state index is 0.559. The van der Waals surface area contributed by atoms with E-state index in [0.29, 0.717) is 16.5 Å². The minimum atomic E-state index is 0.559. The van der Waals surface area contributed by atoms with Gasteiger partial charge in [-0.2, -0.15) is 0 Å². The van der Waals surface area contributed by atoms with E-state index in [-0.39, 0.29) is 0 Å². The first-order valence-corrected chi connectivity index (χ1v) is 6.57. The molecule has 5 heteroatoms. The van der Waals surface area contributed by atoms with Gasteiger partial charge in [-0.05, 0) is 36.9 Å². The fraction of sp³-hybridized carbons (Fsp3) is 0.154. The molecule has 94 valence electrons. The summed E-state index contributed by atoms with van der Waals surface area (Å²) >= 11 is 9.45. The van der Waals surface area contributed by atoms with Crippen LogP contribution in [-0.2, 0) is 6.54 Å². The van der Waals surface area contributed by atoms with Crippen LogP contribution in [0.15, 0.2) is 41.1 Å². The number of pyridine rings is 1. The third-order valence-electron chi connectivity index (χ3n) is 2.27. The van der Waals surface area contributed by atoms with Crippen molar-refractivity contribution in [3.63, 3.8) is 0 Å². The van der Waals surface area contributed by atoms with Gasteiger partial charge in [0.05, 0.1) is 11.2 Å². The summed E-state index contributed by atoms with van der Waals surface area (Å²) in [4.78, 5) is 4.13. The maximum atomic E-state index is 6.09. The molecule has 3 nitrogen and oxygen atoms in total. The average molecular weight is 328 g/mol. The molecule has 0 saturated heterocycles. The smallest absolute Gasteiger partial charge is 0.146 e. The monoisotopic (exact) mass is 326 g/mol. The van der Waals surface area contributed by atoms with Gasteiger partial charge in [0.15, 0.2) is 0 Å². The highest BCUT2D eigenvalue weighted by molar-refractivity contribution is 9.10. The lowest BCUT2D eigenvalue weighted by Gasteiger charge is -2.08. The van der Waals surface area contributed by atoms with Gasteiger partial charge < -0.3 is 10.1 Å². The van der Waals surface area contributed by atoms with Gasteiger partial charge in [0, 0.05) is 17.2 Å². The molecule has 2 rings (SSSR count). The van der Waals surface area contributed by atoms with Crippen molar-refractivity contribution in [1.29, 1.82) is 0 Å². The highest BCUT2D eigenvalue weighted by Gasteiger charge is 2.04. The predicted octanol–water partition coefficient (Wildman–Crippen LogP) is 4.01. The number of ether oxygens (including phenoxy) is 1. The Morgan fingerprint density at radius 2 is 2.17 bits per heavy atom. The Bertz CT molecular complexity index is 548. The molecule has 1 aromatic heterocycles. The fourth-order valence-electron chi connectivity index (χ4n) is 1.51. The summed E-state index contributed by atoms with van der Waals surface area (Å²) in [6.07, 6.45) is 3.46. The van der Waals surface area contributed by atoms with Crippen molar-refractivity contribution in [3.05, 3.63) is 51.7 Å². The molecular weight excluding hydrogens is 316 g/mol. The molecule has 2 aromatic rings. The normalized spacial score (nSPS) is 10.4. The summed E-state index contributed by atoms with van der Waals surface area (Å²) in [7, 11) is 1.89. The van der Waals surface area contributed by atoms with Gasteiger partial charge in [0.1, 0.15) is 11.5 Å². The summed E-state index contributed by atoms with van der Waals surface area (Å²) in [5.41, 5.74) is 1.06. The van der Waals surface area contributed by atoms with Crippen LogP contribution in [0.2, 0.25) is 5.02 Å². The second-order valence-corrected chi connectivity index (χ2v) is 5.06. The van der Waals surface area contributed by atoms with E-state index in [0.717, 1.165) is 16.6 Å². The standard InChI is InChI=1S/C13H12BrClN2O/c1-16-6-9-4-11(8-17-7-9)18-13-3-2-10(14)5-12(13)15/h2-5,7-8,16H,6H2,1H3. The van der Waals surface area contributed by atoms with Crippen LogP contribution in [-0.4, -0.2) is 12.0 Å². The molecule has 0 aliphatic heterocycles. The molecule has 0 amide bonds. The topological polar surface area (TPSA) is 34.2 Å². The fourth-order valence-corrected chi connectivity index (χ4v) is 2.22. The van der Waals surface area contributed by atoms with Gasteiger partial charge >= 0.3 is 0 Å². The highest BCUT2D eigenvalue weighted by Crippen LogP contribution is 2.31. The Kier molecular flexibility index (Phi) is 4.58. The van der Waals surface area contributed by atoms with Crippen molar-refractivity contribution in [2.75, 3.05) is 7.05 Å². The third kappa shape index (κ3) is 3.45. The molecule has 0 fully saturated rings. The molecule has 0 spiro atoms. The maximum Gasteiger partial charge on any atom is 0.146 e. The summed E-state index contributed by atoms with van der Waals surface area (Å²) in [5.74, 6) is 1.29. The van der Waals surface area contributed by atoms with E-state index >= 15 is 0 Å². The van der Waals surface area contributed by atoms with Gasteiger partial charge in [-0.3, -0.25) is 4.98 Å². The second kappa shape index (κ2) is 6.18. The summed E-state index contributed by atoms with van der Waals surface area (Å²) in [6.45, 7) is 0.748. The largest absolute Gasteiger partial charge is 0.454 e. The van der Waals surface area contributed by atoms with Crippen LogP contribution in [0.4, 0.5) is 0 Å². The van der Waals surface area contributed by atoms with Crippen molar-refractivity contribution in [3.8, 4) is 11.5 Å². The molecule has 1 N–H and O–H groups in total. The molecule has 0 saturated carbocycles. The molecule has 18 heavy (non-hydrogen) atoms. The lowest BCUT2D eigenvalue weighted by molar-refractivity contribution is 0.479. The van der Waals surface area contributed by atoms with E-state index in [1.54, 1.807) is 18.5 Å². The molecule has 0 bridgehead atoms. The highest BCUT2D eigenvalue weighted by atomic mass is 79.9. The van der Waals surface area contributed by atoms with Crippen LogP contribution < -0.4 is 10.1 Å². The van der Waals surface area contributed by atoms with E-state index in [1.165, 1.54) is 0 Å². The number of rotatable bonds is 4. The predicted molar refractivity (Wildman–Crippen MR) is 76.2 cm³/mol. The first-order chi connectivity index (χ1) is 8.69. The van der Waals surface area contributed by atoms with Crippen LogP contribution in [0.3, 0.4) is 0 Å². The van der Waals surface area contributed by atoms with Crippen LogP contribution in [0.25, 0.3) is 0 Å². The van der Waals surface area contributed by atoms with Crippen molar-refractivity contribution < 1.29 is 4.74 Å². The Morgan fingerprint density at radius 1 is 1.33 bits per heavy atom. The van der Waals surface area contributed by atoms with Gasteiger partial charge in [-0.25, -0.2) is 0 Å². The van der Waals surface area contributed by atoms with Crippen LogP contribution in [0.1, 0.15) is 5.56 Å². The van der Waals surface area contributed by atoms with Crippen LogP contribution >= 0.6 is 27.5 Å². The van der Waals surface area contributed by atoms with E-state index < -0.39 is 0 Å². The summed E-state index contributed by atoms with van der Waals surface area (Å²) in [6, 6.07) is 7.42. The number of halogens is 2. The number of aromatic nitrogens is 1. The number of hydrogen-bond acceptors (Lipinski definition) is 3. The zero-order valence-electron chi connectivity index (χ0n) is 9.78. The van der Waals surface area contributed by atoms with Gasteiger partial charge in [-0.15, -0.1) is 0 Å². The van der Waals surface area contributed by atoms with E-state index in [1.807, 2.05) is 25.2 Å². The van der Waals surface area contributed by atoms with Gasteiger partial charge in [0.2, 0.25) is 0 Å². The quantitative estimate of drug-likeness (QED) is 0.921. The zero-order chi connectivity index (χ0) is 13.0. The van der Waals surface area contributed by atoms with E-state index in [9.17, 15) is 0 Å². The number of nitrogens with zero attached hydrogens (tertiary/aromatic N) is 1. The molecule has 1 aromatic carbocycles. The van der Waals surface area contributed by atoms with Crippen LogP contribution in [0.5, 0.6) is 11.5 Å². The number of hydrogen-bond donors (Lipinski definition) is 1. The molecular formula is C13H12BrClN2O. The lowest BCUT2D eigenvalue weighted by atomic mass is 10.3. The summed E-state index contributed by atoms with van der Waals surface area (Å²) < 4.78 is 6.63. The second-order valence-electron chi connectivity index (χ2n) is 3.74. The molecule has 0 atom stereocenters. The summed E-state index contributed by atoms with van der Waals surface area (Å²) in [5, 5.41) is 3.62. The lowest BCUT2D eigenvalue weighted by Crippen LogP contribution is -2.05. The molecule has 1 heterocycles.